The number of rotatable bonds is 3. The number of hydrogen-bond acceptors (Lipinski definition) is 3. The standard InChI is InChI=1S/C14H14ClFN2O/c1-8-5-13(14(15)17-7-8)18-9(2)11-4-3-10(19)6-12(11)16/h3-7,9,18-19H,1-2H3. The molecule has 5 heteroatoms. The first-order valence-electron chi connectivity index (χ1n) is 5.84. The Morgan fingerprint density at radius 1 is 1.37 bits per heavy atom. The van der Waals surface area contributed by atoms with Crippen LogP contribution >= 0.6 is 11.6 Å². The summed E-state index contributed by atoms with van der Waals surface area (Å²) in [5, 5.41) is 12.7. The number of aryl methyl sites for hydroxylation is 1. The minimum Gasteiger partial charge on any atom is -0.508 e. The molecule has 0 saturated heterocycles. The fourth-order valence-electron chi connectivity index (χ4n) is 1.83. The zero-order chi connectivity index (χ0) is 14.0. The van der Waals surface area contributed by atoms with Gasteiger partial charge in [0, 0.05) is 17.8 Å². The van der Waals surface area contributed by atoms with E-state index in [-0.39, 0.29) is 11.8 Å². The number of pyridine rings is 1. The van der Waals surface area contributed by atoms with Gasteiger partial charge in [-0.15, -0.1) is 0 Å². The summed E-state index contributed by atoms with van der Waals surface area (Å²) in [6, 6.07) is 5.64. The number of halogens is 2. The number of aromatic hydroxyl groups is 1. The molecule has 2 rings (SSSR count). The van der Waals surface area contributed by atoms with Crippen LogP contribution in [-0.4, -0.2) is 10.1 Å². The Bertz CT molecular complexity index is 604. The van der Waals surface area contributed by atoms with Crippen LogP contribution in [0.3, 0.4) is 0 Å². The number of nitrogens with one attached hydrogen (secondary N) is 1. The third-order valence-electron chi connectivity index (χ3n) is 2.80. The molecule has 3 nitrogen and oxygen atoms in total. The summed E-state index contributed by atoms with van der Waals surface area (Å²) in [5.74, 6) is -0.555. The molecule has 1 atom stereocenters. The fourth-order valence-corrected chi connectivity index (χ4v) is 1.99. The van der Waals surface area contributed by atoms with Crippen molar-refractivity contribution in [3.63, 3.8) is 0 Å². The Morgan fingerprint density at radius 2 is 2.11 bits per heavy atom. The Labute approximate surface area is 116 Å². The molecule has 0 fully saturated rings. The van der Waals surface area contributed by atoms with Gasteiger partial charge in [0.15, 0.2) is 5.15 Å². The SMILES string of the molecule is Cc1cnc(Cl)c(NC(C)c2ccc(O)cc2F)c1. The normalized spacial score (nSPS) is 12.2. The first-order chi connectivity index (χ1) is 8.97. The molecule has 1 heterocycles. The van der Waals surface area contributed by atoms with E-state index in [0.717, 1.165) is 11.6 Å². The minimum absolute atomic E-state index is 0.0938. The topological polar surface area (TPSA) is 45.2 Å². The lowest BCUT2D eigenvalue weighted by molar-refractivity contribution is 0.467. The average Bonchev–Trinajstić information content (AvgIpc) is 2.33. The van der Waals surface area contributed by atoms with Gasteiger partial charge in [0.2, 0.25) is 0 Å². The van der Waals surface area contributed by atoms with Gasteiger partial charge in [-0.25, -0.2) is 9.37 Å². The van der Waals surface area contributed by atoms with E-state index in [4.69, 9.17) is 11.6 Å². The van der Waals surface area contributed by atoms with E-state index in [1.807, 2.05) is 19.9 Å². The second-order valence-corrected chi connectivity index (χ2v) is 4.78. The smallest absolute Gasteiger partial charge is 0.152 e. The molecule has 0 saturated carbocycles. The lowest BCUT2D eigenvalue weighted by Crippen LogP contribution is -2.09. The van der Waals surface area contributed by atoms with Crippen LogP contribution in [-0.2, 0) is 0 Å². The molecular weight excluding hydrogens is 267 g/mol. The Morgan fingerprint density at radius 3 is 2.79 bits per heavy atom. The van der Waals surface area contributed by atoms with Crippen LogP contribution < -0.4 is 5.32 Å². The van der Waals surface area contributed by atoms with Crippen molar-refractivity contribution >= 4 is 17.3 Å². The predicted octanol–water partition coefficient (Wildman–Crippen LogP) is 4.06. The molecule has 0 aliphatic heterocycles. The van der Waals surface area contributed by atoms with Crippen LogP contribution in [0.2, 0.25) is 5.15 Å². The summed E-state index contributed by atoms with van der Waals surface area (Å²) in [6.45, 7) is 3.72. The van der Waals surface area contributed by atoms with E-state index in [2.05, 4.69) is 10.3 Å². The zero-order valence-electron chi connectivity index (χ0n) is 10.6. The molecule has 2 aromatic rings. The summed E-state index contributed by atoms with van der Waals surface area (Å²) in [6.07, 6.45) is 1.67. The Hall–Kier alpha value is -1.81. The van der Waals surface area contributed by atoms with Gasteiger partial charge in [-0.2, -0.15) is 0 Å². The number of phenols is 1. The molecule has 0 aliphatic carbocycles. The van der Waals surface area contributed by atoms with Gasteiger partial charge in [-0.3, -0.25) is 0 Å². The first kappa shape index (κ1) is 13.6. The Kier molecular flexibility index (Phi) is 3.90. The second kappa shape index (κ2) is 5.45. The van der Waals surface area contributed by atoms with Gasteiger partial charge >= 0.3 is 0 Å². The van der Waals surface area contributed by atoms with Crippen molar-refractivity contribution in [3.8, 4) is 5.75 Å². The maximum absolute atomic E-state index is 13.7. The van der Waals surface area contributed by atoms with E-state index in [9.17, 15) is 9.50 Å². The monoisotopic (exact) mass is 280 g/mol. The van der Waals surface area contributed by atoms with Crippen LogP contribution in [0.5, 0.6) is 5.75 Å². The van der Waals surface area contributed by atoms with Crippen LogP contribution in [0, 0.1) is 12.7 Å². The van der Waals surface area contributed by atoms with E-state index in [0.29, 0.717) is 16.4 Å². The molecule has 0 bridgehead atoms. The third kappa shape index (κ3) is 3.15. The van der Waals surface area contributed by atoms with Crippen LogP contribution in [0.4, 0.5) is 10.1 Å². The molecule has 0 amide bonds. The number of anilines is 1. The third-order valence-corrected chi connectivity index (χ3v) is 3.10. The van der Waals surface area contributed by atoms with Gasteiger partial charge in [-0.1, -0.05) is 17.7 Å². The minimum atomic E-state index is -0.461. The highest BCUT2D eigenvalue weighted by molar-refractivity contribution is 6.31. The van der Waals surface area contributed by atoms with Crippen molar-refractivity contribution in [2.75, 3.05) is 5.32 Å². The molecule has 1 aromatic carbocycles. The van der Waals surface area contributed by atoms with Crippen LogP contribution in [0.15, 0.2) is 30.5 Å². The lowest BCUT2D eigenvalue weighted by atomic mass is 10.1. The molecule has 100 valence electrons. The summed E-state index contributed by atoms with van der Waals surface area (Å²) >= 11 is 5.99. The first-order valence-corrected chi connectivity index (χ1v) is 6.22. The largest absolute Gasteiger partial charge is 0.508 e. The molecule has 0 spiro atoms. The predicted molar refractivity (Wildman–Crippen MR) is 74.1 cm³/mol. The van der Waals surface area contributed by atoms with Crippen molar-refractivity contribution in [2.24, 2.45) is 0 Å². The maximum Gasteiger partial charge on any atom is 0.152 e. The van der Waals surface area contributed by atoms with Crippen molar-refractivity contribution in [2.45, 2.75) is 19.9 Å². The number of aromatic nitrogens is 1. The molecule has 1 unspecified atom stereocenters. The van der Waals surface area contributed by atoms with Gasteiger partial charge in [0.25, 0.3) is 0 Å². The number of nitrogens with zero attached hydrogens (tertiary/aromatic N) is 1. The van der Waals surface area contributed by atoms with E-state index in [1.165, 1.54) is 6.07 Å². The van der Waals surface area contributed by atoms with Crippen molar-refractivity contribution in [1.29, 1.82) is 0 Å². The van der Waals surface area contributed by atoms with Gasteiger partial charge in [0.1, 0.15) is 11.6 Å². The summed E-state index contributed by atoms with van der Waals surface area (Å²) < 4.78 is 13.7. The zero-order valence-corrected chi connectivity index (χ0v) is 11.4. The van der Waals surface area contributed by atoms with Crippen molar-refractivity contribution in [1.82, 2.24) is 4.98 Å². The molecule has 19 heavy (non-hydrogen) atoms. The highest BCUT2D eigenvalue weighted by atomic mass is 35.5. The number of benzene rings is 1. The Balaban J connectivity index is 2.25. The highest BCUT2D eigenvalue weighted by Crippen LogP contribution is 2.27. The van der Waals surface area contributed by atoms with Crippen molar-refractivity contribution < 1.29 is 9.50 Å². The molecule has 0 radical (unpaired) electrons. The maximum atomic E-state index is 13.7. The molecule has 1 aromatic heterocycles. The highest BCUT2D eigenvalue weighted by Gasteiger charge is 2.13. The summed E-state index contributed by atoms with van der Waals surface area (Å²) in [4.78, 5) is 4.03. The van der Waals surface area contributed by atoms with Crippen LogP contribution in [0.25, 0.3) is 0 Å². The molecular formula is C14H14ClFN2O. The molecule has 2 N–H and O–H groups in total. The second-order valence-electron chi connectivity index (χ2n) is 4.42. The van der Waals surface area contributed by atoms with E-state index in [1.54, 1.807) is 12.3 Å². The lowest BCUT2D eigenvalue weighted by Gasteiger charge is -2.17. The van der Waals surface area contributed by atoms with Crippen LogP contribution in [0.1, 0.15) is 24.1 Å². The average molecular weight is 281 g/mol. The fraction of sp³-hybridized carbons (Fsp3) is 0.214. The number of hydrogen-bond donors (Lipinski definition) is 2. The van der Waals surface area contributed by atoms with Crippen molar-refractivity contribution in [3.05, 3.63) is 52.6 Å². The quantitative estimate of drug-likeness (QED) is 0.834. The van der Waals surface area contributed by atoms with Gasteiger partial charge in [0.05, 0.1) is 11.7 Å². The summed E-state index contributed by atoms with van der Waals surface area (Å²) in [5.41, 5.74) is 2.07. The van der Waals surface area contributed by atoms with Gasteiger partial charge in [-0.05, 0) is 31.5 Å². The van der Waals surface area contributed by atoms with E-state index < -0.39 is 5.82 Å². The number of phenolic OH excluding ortho intramolecular Hbond substituents is 1. The van der Waals surface area contributed by atoms with Gasteiger partial charge < -0.3 is 10.4 Å². The summed E-state index contributed by atoms with van der Waals surface area (Å²) in [7, 11) is 0. The van der Waals surface area contributed by atoms with E-state index >= 15 is 0 Å². The molecule has 0 aliphatic rings.